The number of furan rings is 1. The van der Waals surface area contributed by atoms with Crippen molar-refractivity contribution in [2.24, 2.45) is 0 Å². The number of nitrogens with zero attached hydrogens (tertiary/aromatic N) is 3. The second-order valence-corrected chi connectivity index (χ2v) is 7.29. The molecule has 0 fully saturated rings. The molecule has 0 atom stereocenters. The van der Waals surface area contributed by atoms with Crippen LogP contribution in [0.1, 0.15) is 10.6 Å². The molecule has 1 N–H and O–H groups in total. The Morgan fingerprint density at radius 2 is 1.96 bits per heavy atom. The highest BCUT2D eigenvalue weighted by Gasteiger charge is 2.19. The second-order valence-electron chi connectivity index (χ2n) is 6.11. The number of benzene rings is 1. The molecular weight excluding hydrogens is 364 g/mol. The molecule has 0 radical (unpaired) electrons. The van der Waals surface area contributed by atoms with E-state index in [0.717, 1.165) is 10.6 Å². The first-order valence-corrected chi connectivity index (χ1v) is 9.11. The second kappa shape index (κ2) is 6.81. The van der Waals surface area contributed by atoms with Crippen LogP contribution in [0.15, 0.2) is 51.9 Å². The Balaban J connectivity index is 1.71. The summed E-state index contributed by atoms with van der Waals surface area (Å²) in [5, 5.41) is 3.57. The molecule has 0 saturated carbocycles. The lowest BCUT2D eigenvalue weighted by Gasteiger charge is -2.09. The summed E-state index contributed by atoms with van der Waals surface area (Å²) in [6.45, 7) is 3.67. The van der Waals surface area contributed by atoms with E-state index >= 15 is 0 Å². The molecule has 0 saturated heterocycles. The van der Waals surface area contributed by atoms with E-state index in [-0.39, 0.29) is 12.5 Å². The van der Waals surface area contributed by atoms with Crippen LogP contribution in [-0.2, 0) is 11.3 Å². The van der Waals surface area contributed by atoms with Gasteiger partial charge in [0, 0.05) is 5.69 Å². The highest BCUT2D eigenvalue weighted by Crippen LogP contribution is 2.28. The van der Waals surface area contributed by atoms with Crippen molar-refractivity contribution in [1.29, 1.82) is 0 Å². The lowest BCUT2D eigenvalue weighted by Crippen LogP contribution is -2.29. The van der Waals surface area contributed by atoms with Crippen molar-refractivity contribution in [3.05, 3.63) is 63.7 Å². The normalized spacial score (nSPS) is 11.0. The topological polar surface area (TPSA) is 90.0 Å². The predicted molar refractivity (Wildman–Crippen MR) is 104 cm³/mol. The van der Waals surface area contributed by atoms with Gasteiger partial charge in [0.1, 0.15) is 22.6 Å². The number of rotatable bonds is 4. The molecule has 1 amide bonds. The zero-order valence-corrected chi connectivity index (χ0v) is 15.5. The average molecular weight is 380 g/mol. The molecule has 0 unspecified atom stereocenters. The maximum atomic E-state index is 12.6. The Morgan fingerprint density at radius 1 is 1.19 bits per heavy atom. The van der Waals surface area contributed by atoms with Crippen molar-refractivity contribution in [2.75, 3.05) is 5.32 Å². The fraction of sp³-hybridized carbons (Fsp3) is 0.158. The van der Waals surface area contributed by atoms with Gasteiger partial charge in [-0.2, -0.15) is 4.98 Å². The Hall–Kier alpha value is -3.26. The summed E-state index contributed by atoms with van der Waals surface area (Å²) in [5.41, 5.74) is 2.20. The maximum absolute atomic E-state index is 12.6. The molecule has 27 heavy (non-hydrogen) atoms. The van der Waals surface area contributed by atoms with E-state index in [1.807, 2.05) is 38.1 Å². The molecule has 1 aromatic carbocycles. The van der Waals surface area contributed by atoms with Gasteiger partial charge in [-0.05, 0) is 38.1 Å². The first-order valence-electron chi connectivity index (χ1n) is 8.29. The minimum atomic E-state index is -0.517. The van der Waals surface area contributed by atoms with Gasteiger partial charge in [-0.3, -0.25) is 9.36 Å². The van der Waals surface area contributed by atoms with Crippen LogP contribution in [-0.4, -0.2) is 20.4 Å². The first kappa shape index (κ1) is 17.2. The molecule has 7 nitrogen and oxygen atoms in total. The van der Waals surface area contributed by atoms with E-state index in [2.05, 4.69) is 15.3 Å². The van der Waals surface area contributed by atoms with Gasteiger partial charge in [0.15, 0.2) is 5.76 Å². The number of amides is 1. The fourth-order valence-corrected chi connectivity index (χ4v) is 3.66. The molecule has 3 aromatic heterocycles. The molecule has 0 bridgehead atoms. The van der Waals surface area contributed by atoms with Gasteiger partial charge in [-0.15, -0.1) is 11.3 Å². The van der Waals surface area contributed by atoms with Crippen LogP contribution in [0, 0.1) is 13.8 Å². The minimum Gasteiger partial charge on any atom is -0.463 e. The van der Waals surface area contributed by atoms with Gasteiger partial charge >= 0.3 is 5.69 Å². The summed E-state index contributed by atoms with van der Waals surface area (Å²) in [6.07, 6.45) is 1.52. The molecule has 0 aliphatic rings. The van der Waals surface area contributed by atoms with Gasteiger partial charge in [0.25, 0.3) is 0 Å². The number of nitrogens with one attached hydrogen (secondary N) is 1. The number of carbonyl (C=O) groups excluding carboxylic acids is 1. The number of aryl methyl sites for hydroxylation is 2. The predicted octanol–water partition coefficient (Wildman–Crippen LogP) is 3.37. The van der Waals surface area contributed by atoms with Gasteiger partial charge in [0.05, 0.1) is 11.3 Å². The number of carbonyl (C=O) groups is 1. The van der Waals surface area contributed by atoms with Crippen molar-refractivity contribution in [2.45, 2.75) is 20.4 Å². The molecule has 3 heterocycles. The molecule has 0 aliphatic heterocycles. The zero-order valence-electron chi connectivity index (χ0n) is 14.7. The SMILES string of the molecule is Cc1ccc(NC(=O)Cn2c(=O)nc(-c3ccco3)c3nc(C)sc32)cc1. The van der Waals surface area contributed by atoms with E-state index in [1.165, 1.54) is 22.2 Å². The highest BCUT2D eigenvalue weighted by atomic mass is 32.1. The van der Waals surface area contributed by atoms with E-state index in [0.29, 0.717) is 27.5 Å². The zero-order chi connectivity index (χ0) is 19.0. The smallest absolute Gasteiger partial charge is 0.349 e. The molecule has 0 aliphatic carbocycles. The van der Waals surface area contributed by atoms with Crippen LogP contribution in [0.25, 0.3) is 21.8 Å². The Kier molecular flexibility index (Phi) is 4.33. The van der Waals surface area contributed by atoms with Crippen LogP contribution in [0.4, 0.5) is 5.69 Å². The van der Waals surface area contributed by atoms with Gasteiger partial charge in [-0.1, -0.05) is 17.7 Å². The van der Waals surface area contributed by atoms with Crippen molar-refractivity contribution in [3.8, 4) is 11.5 Å². The van der Waals surface area contributed by atoms with E-state index in [9.17, 15) is 9.59 Å². The summed E-state index contributed by atoms with van der Waals surface area (Å²) >= 11 is 1.34. The molecule has 136 valence electrons. The summed E-state index contributed by atoms with van der Waals surface area (Å²) < 4.78 is 6.72. The monoisotopic (exact) mass is 380 g/mol. The molecule has 4 aromatic rings. The van der Waals surface area contributed by atoms with Crippen LogP contribution in [0.3, 0.4) is 0 Å². The quantitative estimate of drug-likeness (QED) is 0.586. The third kappa shape index (κ3) is 3.39. The van der Waals surface area contributed by atoms with Gasteiger partial charge in [0.2, 0.25) is 5.91 Å². The van der Waals surface area contributed by atoms with E-state index < -0.39 is 5.69 Å². The molecule has 8 heteroatoms. The Bertz CT molecular complexity index is 1170. The number of hydrogen-bond acceptors (Lipinski definition) is 6. The summed E-state index contributed by atoms with van der Waals surface area (Å²) in [4.78, 5) is 34.2. The standard InChI is InChI=1S/C19H16N4O3S/c1-11-5-7-13(8-6-11)21-15(24)10-23-18-17(20-12(2)27-18)16(22-19(23)25)14-4-3-9-26-14/h3-9H,10H2,1-2H3,(H,21,24). The van der Waals surface area contributed by atoms with Crippen molar-refractivity contribution in [1.82, 2.24) is 14.5 Å². The number of thiazole rings is 1. The maximum Gasteiger partial charge on any atom is 0.349 e. The Morgan fingerprint density at radius 3 is 2.67 bits per heavy atom. The van der Waals surface area contributed by atoms with Crippen molar-refractivity contribution < 1.29 is 9.21 Å². The molecule has 0 spiro atoms. The van der Waals surface area contributed by atoms with E-state index in [1.54, 1.807) is 12.1 Å². The van der Waals surface area contributed by atoms with Crippen LogP contribution < -0.4 is 11.0 Å². The van der Waals surface area contributed by atoms with Crippen molar-refractivity contribution >= 4 is 33.3 Å². The van der Waals surface area contributed by atoms with E-state index in [4.69, 9.17) is 4.42 Å². The highest BCUT2D eigenvalue weighted by molar-refractivity contribution is 7.18. The fourth-order valence-electron chi connectivity index (χ4n) is 2.75. The van der Waals surface area contributed by atoms with Gasteiger partial charge in [-0.25, -0.2) is 9.78 Å². The Labute approximate surface area is 158 Å². The number of aromatic nitrogens is 3. The van der Waals surface area contributed by atoms with Crippen LogP contribution in [0.5, 0.6) is 0 Å². The lowest BCUT2D eigenvalue weighted by molar-refractivity contribution is -0.116. The number of fused-ring (bicyclic) bond motifs is 1. The number of hydrogen-bond donors (Lipinski definition) is 1. The lowest BCUT2D eigenvalue weighted by atomic mass is 10.2. The largest absolute Gasteiger partial charge is 0.463 e. The molecule has 4 rings (SSSR count). The summed E-state index contributed by atoms with van der Waals surface area (Å²) in [7, 11) is 0. The third-order valence-corrected chi connectivity index (χ3v) is 5.01. The van der Waals surface area contributed by atoms with Crippen LogP contribution in [0.2, 0.25) is 0 Å². The number of anilines is 1. The van der Waals surface area contributed by atoms with Gasteiger partial charge < -0.3 is 9.73 Å². The van der Waals surface area contributed by atoms with Crippen molar-refractivity contribution in [3.63, 3.8) is 0 Å². The third-order valence-electron chi connectivity index (χ3n) is 4.02. The summed E-state index contributed by atoms with van der Waals surface area (Å²) in [6, 6.07) is 10.9. The average Bonchev–Trinajstić information content (AvgIpc) is 3.29. The van der Waals surface area contributed by atoms with Crippen LogP contribution >= 0.6 is 11.3 Å². The first-order chi connectivity index (χ1) is 13.0. The summed E-state index contributed by atoms with van der Waals surface area (Å²) in [5.74, 6) is 0.166. The molecular formula is C19H16N4O3S. The minimum absolute atomic E-state index is 0.143.